The zero-order chi connectivity index (χ0) is 31.3. The number of rotatable bonds is 32. The van der Waals surface area contributed by atoms with Crippen molar-refractivity contribution in [3.8, 4) is 0 Å². The van der Waals surface area contributed by atoms with Gasteiger partial charge in [0.15, 0.2) is 0 Å². The summed E-state index contributed by atoms with van der Waals surface area (Å²) in [7, 11) is 7.38. The van der Waals surface area contributed by atoms with Crippen LogP contribution in [0.5, 0.6) is 0 Å². The van der Waals surface area contributed by atoms with E-state index in [2.05, 4.69) is 65.3 Å². The Morgan fingerprint density at radius 2 is 0.636 bits per heavy atom. The maximum Gasteiger partial charge on any atom is 0.124 e. The number of hydrogen-bond donors (Lipinski definition) is 0. The first-order chi connectivity index (χ1) is 21.0. The third kappa shape index (κ3) is 21.3. The molecule has 2 heteroatoms. The van der Waals surface area contributed by atoms with Gasteiger partial charge < -0.3 is 16.9 Å². The van der Waals surface area contributed by atoms with Crippen LogP contribution in [0, 0.1) is 0 Å². The topological polar surface area (TPSA) is 0 Å². The summed E-state index contributed by atoms with van der Waals surface area (Å²) < 4.78 is 1.05. The minimum Gasteiger partial charge on any atom is -1.00 e. The van der Waals surface area contributed by atoms with E-state index in [1.165, 1.54) is 193 Å². The largest absolute Gasteiger partial charge is 1.00 e. The first-order valence-electron chi connectivity index (χ1n) is 19.8. The van der Waals surface area contributed by atoms with Gasteiger partial charge in [-0.05, 0) is 12.8 Å². The van der Waals surface area contributed by atoms with E-state index in [9.17, 15) is 0 Å². The summed E-state index contributed by atoms with van der Waals surface area (Å²) in [5.41, 5.74) is 1.82. The Labute approximate surface area is 285 Å². The SMILES string of the molecule is CCCCCCCCCCCCCCCCC(CCCCCCCCCCCCCCCC)(c1ccccc1)[N+](C)(C)C.[Cl-]. The third-order valence-corrected chi connectivity index (χ3v) is 10.5. The van der Waals surface area contributed by atoms with Crippen molar-refractivity contribution >= 4 is 0 Å². The van der Waals surface area contributed by atoms with Crippen LogP contribution in [-0.4, -0.2) is 25.6 Å². The van der Waals surface area contributed by atoms with Crippen molar-refractivity contribution in [2.45, 2.75) is 212 Å². The van der Waals surface area contributed by atoms with Gasteiger partial charge in [0.2, 0.25) is 0 Å². The van der Waals surface area contributed by atoms with Crippen molar-refractivity contribution in [1.82, 2.24) is 0 Å². The van der Waals surface area contributed by atoms with Crippen molar-refractivity contribution < 1.29 is 16.9 Å². The molecular weight excluding hydrogens is 554 g/mol. The number of benzene rings is 1. The van der Waals surface area contributed by atoms with Crippen LogP contribution < -0.4 is 12.4 Å². The van der Waals surface area contributed by atoms with E-state index in [-0.39, 0.29) is 17.9 Å². The minimum absolute atomic E-state index is 0. The van der Waals surface area contributed by atoms with Crippen LogP contribution in [0.2, 0.25) is 0 Å². The van der Waals surface area contributed by atoms with Gasteiger partial charge >= 0.3 is 0 Å². The highest BCUT2D eigenvalue weighted by molar-refractivity contribution is 5.22. The predicted octanol–water partition coefficient (Wildman–Crippen LogP) is 11.3. The quantitative estimate of drug-likeness (QED) is 0.0547. The Morgan fingerprint density at radius 1 is 0.386 bits per heavy atom. The lowest BCUT2D eigenvalue weighted by Crippen LogP contribution is -3.00. The highest BCUT2D eigenvalue weighted by Crippen LogP contribution is 2.41. The molecule has 0 bridgehead atoms. The molecule has 0 saturated heterocycles. The minimum atomic E-state index is 0. The van der Waals surface area contributed by atoms with Crippen LogP contribution in [-0.2, 0) is 5.54 Å². The Hall–Kier alpha value is -0.530. The van der Waals surface area contributed by atoms with E-state index < -0.39 is 0 Å². The average Bonchev–Trinajstić information content (AvgIpc) is 3.00. The summed E-state index contributed by atoms with van der Waals surface area (Å²) in [5, 5.41) is 0. The number of quaternary nitrogens is 1. The summed E-state index contributed by atoms with van der Waals surface area (Å²) >= 11 is 0. The smallest absolute Gasteiger partial charge is 0.124 e. The number of nitrogens with zero attached hydrogens (tertiary/aromatic N) is 1. The molecule has 1 aromatic rings. The second-order valence-corrected chi connectivity index (χ2v) is 15.1. The lowest BCUT2D eigenvalue weighted by molar-refractivity contribution is -0.933. The molecule has 0 spiro atoms. The summed E-state index contributed by atoms with van der Waals surface area (Å²) in [6.07, 6.45) is 42.9. The van der Waals surface area contributed by atoms with Crippen LogP contribution in [0.25, 0.3) is 0 Å². The van der Waals surface area contributed by atoms with Crippen molar-refractivity contribution in [1.29, 1.82) is 0 Å². The fourth-order valence-electron chi connectivity index (χ4n) is 7.44. The van der Waals surface area contributed by atoms with E-state index in [0.717, 1.165) is 4.48 Å². The Morgan fingerprint density at radius 3 is 0.886 bits per heavy atom. The molecule has 0 aromatic heterocycles. The van der Waals surface area contributed by atoms with Gasteiger partial charge in [-0.15, -0.1) is 0 Å². The van der Waals surface area contributed by atoms with Gasteiger partial charge in [0.1, 0.15) is 5.54 Å². The van der Waals surface area contributed by atoms with Crippen molar-refractivity contribution in [3.05, 3.63) is 35.9 Å². The first-order valence-corrected chi connectivity index (χ1v) is 19.8. The van der Waals surface area contributed by atoms with Crippen LogP contribution in [0.3, 0.4) is 0 Å². The molecule has 0 atom stereocenters. The molecule has 0 aliphatic rings. The van der Waals surface area contributed by atoms with E-state index >= 15 is 0 Å². The maximum absolute atomic E-state index is 2.46. The molecule has 44 heavy (non-hydrogen) atoms. The molecule has 260 valence electrons. The van der Waals surface area contributed by atoms with E-state index in [4.69, 9.17) is 0 Å². The Balaban J connectivity index is 0.0000185. The summed E-state index contributed by atoms with van der Waals surface area (Å²) in [6.45, 7) is 4.62. The molecule has 1 rings (SSSR count). The highest BCUT2D eigenvalue weighted by atomic mass is 35.5. The molecule has 0 aliphatic heterocycles. The van der Waals surface area contributed by atoms with Gasteiger partial charge in [-0.1, -0.05) is 211 Å². The Kier molecular flexibility index (Phi) is 29.5. The molecule has 0 heterocycles. The van der Waals surface area contributed by atoms with Crippen LogP contribution >= 0.6 is 0 Å². The monoisotopic (exact) mass is 634 g/mol. The fraction of sp³-hybridized carbons (Fsp3) is 0.857. The van der Waals surface area contributed by atoms with Gasteiger partial charge in [0.25, 0.3) is 0 Å². The standard InChI is InChI=1S/C42H80N.ClH/c1-6-8-10-12-14-16-18-20-22-24-26-28-30-35-39-42(43(3,4)5,41-37-33-32-34-38-41)40-36-31-29-27-25-23-21-19-17-15-13-11-9-7-2;/h32-34,37-38H,6-31,35-36,39-40H2,1-5H3;1H/q+1;/p-1. The third-order valence-electron chi connectivity index (χ3n) is 10.5. The van der Waals surface area contributed by atoms with Gasteiger partial charge in [-0.2, -0.15) is 0 Å². The highest BCUT2D eigenvalue weighted by Gasteiger charge is 2.43. The lowest BCUT2D eigenvalue weighted by Gasteiger charge is -2.47. The lowest BCUT2D eigenvalue weighted by atomic mass is 9.77. The molecule has 0 saturated carbocycles. The second-order valence-electron chi connectivity index (χ2n) is 15.1. The molecule has 1 nitrogen and oxygen atoms in total. The molecule has 1 aromatic carbocycles. The molecule has 0 fully saturated rings. The van der Waals surface area contributed by atoms with E-state index in [1.54, 1.807) is 5.56 Å². The van der Waals surface area contributed by atoms with Gasteiger partial charge in [0.05, 0.1) is 21.1 Å². The van der Waals surface area contributed by atoms with Crippen molar-refractivity contribution in [2.75, 3.05) is 21.1 Å². The first kappa shape index (κ1) is 43.5. The van der Waals surface area contributed by atoms with E-state index in [1.807, 2.05) is 0 Å². The van der Waals surface area contributed by atoms with Crippen LogP contribution in [0.4, 0.5) is 0 Å². The van der Waals surface area contributed by atoms with Gasteiger partial charge in [-0.3, -0.25) is 0 Å². The molecule has 0 unspecified atom stereocenters. The van der Waals surface area contributed by atoms with Crippen LogP contribution in [0.1, 0.15) is 212 Å². The van der Waals surface area contributed by atoms with Crippen molar-refractivity contribution in [2.24, 2.45) is 0 Å². The van der Waals surface area contributed by atoms with Crippen molar-refractivity contribution in [3.63, 3.8) is 0 Å². The molecule has 0 radical (unpaired) electrons. The zero-order valence-electron chi connectivity index (χ0n) is 30.9. The molecular formula is C42H80ClN. The fourth-order valence-corrected chi connectivity index (χ4v) is 7.44. The number of halogens is 1. The second kappa shape index (κ2) is 29.8. The van der Waals surface area contributed by atoms with Crippen LogP contribution in [0.15, 0.2) is 30.3 Å². The normalized spacial score (nSPS) is 12.0. The molecule has 0 aliphatic carbocycles. The Bertz CT molecular complexity index is 661. The number of hydrogen-bond acceptors (Lipinski definition) is 0. The zero-order valence-corrected chi connectivity index (χ0v) is 31.7. The summed E-state index contributed by atoms with van der Waals surface area (Å²) in [6, 6.07) is 11.6. The molecule has 0 amide bonds. The predicted molar refractivity (Wildman–Crippen MR) is 196 cm³/mol. The molecule has 0 N–H and O–H groups in total. The van der Waals surface area contributed by atoms with E-state index in [0.29, 0.717) is 0 Å². The summed E-state index contributed by atoms with van der Waals surface area (Å²) in [5.74, 6) is 0. The number of unbranched alkanes of at least 4 members (excludes halogenated alkanes) is 26. The summed E-state index contributed by atoms with van der Waals surface area (Å²) in [4.78, 5) is 0. The maximum atomic E-state index is 2.46. The van der Waals surface area contributed by atoms with Gasteiger partial charge in [0, 0.05) is 18.4 Å². The van der Waals surface area contributed by atoms with Gasteiger partial charge in [-0.25, -0.2) is 0 Å². The average molecular weight is 635 g/mol.